The molecule has 8 nitrogen and oxygen atoms in total. The van der Waals surface area contributed by atoms with Gasteiger partial charge in [-0.05, 0) is 45.6 Å². The van der Waals surface area contributed by atoms with Crippen molar-refractivity contribution in [1.29, 1.82) is 0 Å². The van der Waals surface area contributed by atoms with Crippen molar-refractivity contribution in [3.63, 3.8) is 0 Å². The minimum atomic E-state index is -3.25. The largest absolute Gasteiger partial charge is 0.337 e. The predicted octanol–water partition coefficient (Wildman–Crippen LogP) is 1.04. The van der Waals surface area contributed by atoms with Crippen LogP contribution < -0.4 is 10.0 Å². The van der Waals surface area contributed by atoms with Crippen molar-refractivity contribution in [1.82, 2.24) is 24.5 Å². The molecular weight excluding hydrogens is 354 g/mol. The smallest absolute Gasteiger partial charge is 0.317 e. The number of aromatic nitrogens is 2. The van der Waals surface area contributed by atoms with Crippen LogP contribution in [0.5, 0.6) is 0 Å². The highest BCUT2D eigenvalue weighted by Gasteiger charge is 2.28. The standard InChI is InChI=1S/C17H29N5O3S/c1-13-10-21-7-4-6-15(16(21)20-13)9-19-17(23)22-8-3-5-14(11-22)12-26(24,25)18-2/h10,14-15,18H,3-9,11-12H2,1-2H3,(H,19,23). The number of rotatable bonds is 5. The molecule has 3 heterocycles. The maximum absolute atomic E-state index is 12.6. The first-order chi connectivity index (χ1) is 12.4. The Morgan fingerprint density at radius 1 is 1.31 bits per heavy atom. The first-order valence-electron chi connectivity index (χ1n) is 9.35. The quantitative estimate of drug-likeness (QED) is 0.794. The number of hydrogen-bond acceptors (Lipinski definition) is 4. The van der Waals surface area contributed by atoms with Gasteiger partial charge in [0, 0.05) is 38.3 Å². The number of imidazole rings is 1. The van der Waals surface area contributed by atoms with Crippen LogP contribution in [0.25, 0.3) is 0 Å². The van der Waals surface area contributed by atoms with Crippen LogP contribution >= 0.6 is 0 Å². The van der Waals surface area contributed by atoms with Crippen molar-refractivity contribution in [3.05, 3.63) is 17.7 Å². The van der Waals surface area contributed by atoms with Crippen LogP contribution in [0.2, 0.25) is 0 Å². The molecule has 1 saturated heterocycles. The Morgan fingerprint density at radius 2 is 2.08 bits per heavy atom. The first-order valence-corrected chi connectivity index (χ1v) is 11.0. The normalized spacial score (nSPS) is 23.5. The first kappa shape index (κ1) is 19.2. The van der Waals surface area contributed by atoms with Crippen LogP contribution in [-0.4, -0.2) is 61.3 Å². The van der Waals surface area contributed by atoms with Gasteiger partial charge in [0.25, 0.3) is 0 Å². The Kier molecular flexibility index (Phi) is 5.86. The Hall–Kier alpha value is -1.61. The molecule has 146 valence electrons. The molecule has 1 aromatic heterocycles. The number of likely N-dealkylation sites (tertiary alicyclic amines) is 1. The molecule has 2 atom stereocenters. The summed E-state index contributed by atoms with van der Waals surface area (Å²) >= 11 is 0. The topological polar surface area (TPSA) is 96.3 Å². The molecule has 0 aromatic carbocycles. The summed E-state index contributed by atoms with van der Waals surface area (Å²) in [7, 11) is -1.82. The fourth-order valence-electron chi connectivity index (χ4n) is 4.00. The summed E-state index contributed by atoms with van der Waals surface area (Å²) in [5.41, 5.74) is 1.02. The minimum Gasteiger partial charge on any atom is -0.337 e. The summed E-state index contributed by atoms with van der Waals surface area (Å²) < 4.78 is 28.1. The number of hydrogen-bond donors (Lipinski definition) is 2. The Morgan fingerprint density at radius 3 is 2.85 bits per heavy atom. The molecule has 0 bridgehead atoms. The summed E-state index contributed by atoms with van der Waals surface area (Å²) in [6.07, 6.45) is 5.87. The van der Waals surface area contributed by atoms with Gasteiger partial charge in [0.2, 0.25) is 10.0 Å². The zero-order valence-electron chi connectivity index (χ0n) is 15.6. The number of sulfonamides is 1. The summed E-state index contributed by atoms with van der Waals surface area (Å²) in [5.74, 6) is 1.37. The molecule has 3 rings (SSSR count). The molecule has 1 aromatic rings. The second kappa shape index (κ2) is 7.96. The van der Waals surface area contributed by atoms with E-state index in [-0.39, 0.29) is 23.6 Å². The Bertz CT molecular complexity index is 746. The Labute approximate surface area is 155 Å². The van der Waals surface area contributed by atoms with Gasteiger partial charge >= 0.3 is 6.03 Å². The van der Waals surface area contributed by atoms with Gasteiger partial charge in [-0.3, -0.25) is 0 Å². The molecule has 9 heteroatoms. The molecule has 2 aliphatic heterocycles. The monoisotopic (exact) mass is 383 g/mol. The third-order valence-electron chi connectivity index (χ3n) is 5.32. The van der Waals surface area contributed by atoms with Gasteiger partial charge in [-0.25, -0.2) is 22.9 Å². The fraction of sp³-hybridized carbons (Fsp3) is 0.765. The second-order valence-corrected chi connectivity index (χ2v) is 9.37. The van der Waals surface area contributed by atoms with E-state index in [9.17, 15) is 13.2 Å². The van der Waals surface area contributed by atoms with Crippen molar-refractivity contribution < 1.29 is 13.2 Å². The summed E-state index contributed by atoms with van der Waals surface area (Å²) in [4.78, 5) is 18.9. The predicted molar refractivity (Wildman–Crippen MR) is 99.5 cm³/mol. The number of carbonyl (C=O) groups is 1. The average Bonchev–Trinajstić information content (AvgIpc) is 3.00. The number of amides is 2. The van der Waals surface area contributed by atoms with Crippen molar-refractivity contribution in [2.75, 3.05) is 32.4 Å². The van der Waals surface area contributed by atoms with E-state index in [0.29, 0.717) is 19.6 Å². The second-order valence-electron chi connectivity index (χ2n) is 7.40. The summed E-state index contributed by atoms with van der Waals surface area (Å²) in [6.45, 7) is 4.74. The molecule has 0 aliphatic carbocycles. The third kappa shape index (κ3) is 4.56. The molecule has 0 radical (unpaired) electrons. The molecule has 2 aliphatic rings. The number of nitrogens with zero attached hydrogens (tertiary/aromatic N) is 3. The number of urea groups is 1. The number of aryl methyl sites for hydroxylation is 2. The van der Waals surface area contributed by atoms with E-state index >= 15 is 0 Å². The lowest BCUT2D eigenvalue weighted by molar-refractivity contribution is 0.169. The van der Waals surface area contributed by atoms with Gasteiger partial charge in [-0.1, -0.05) is 0 Å². The maximum atomic E-state index is 12.6. The van der Waals surface area contributed by atoms with E-state index in [1.165, 1.54) is 7.05 Å². The molecule has 2 N–H and O–H groups in total. The van der Waals surface area contributed by atoms with Crippen molar-refractivity contribution in [3.8, 4) is 0 Å². The van der Waals surface area contributed by atoms with E-state index < -0.39 is 10.0 Å². The molecule has 1 fully saturated rings. The number of fused-ring (bicyclic) bond motifs is 1. The van der Waals surface area contributed by atoms with Crippen molar-refractivity contribution in [2.45, 2.75) is 45.1 Å². The van der Waals surface area contributed by atoms with Crippen LogP contribution in [0.15, 0.2) is 6.20 Å². The molecule has 26 heavy (non-hydrogen) atoms. The van der Waals surface area contributed by atoms with Crippen LogP contribution in [0.3, 0.4) is 0 Å². The molecular formula is C17H29N5O3S. The van der Waals surface area contributed by atoms with E-state index in [1.807, 2.05) is 6.92 Å². The third-order valence-corrected chi connectivity index (χ3v) is 6.85. The highest BCUT2D eigenvalue weighted by atomic mass is 32.2. The van der Waals surface area contributed by atoms with Gasteiger partial charge in [0.15, 0.2) is 0 Å². The van der Waals surface area contributed by atoms with Crippen molar-refractivity contribution >= 4 is 16.1 Å². The van der Waals surface area contributed by atoms with Gasteiger partial charge in [-0.2, -0.15) is 0 Å². The van der Waals surface area contributed by atoms with Gasteiger partial charge in [0.1, 0.15) is 5.82 Å². The van der Waals surface area contributed by atoms with Crippen LogP contribution in [0, 0.1) is 12.8 Å². The highest BCUT2D eigenvalue weighted by molar-refractivity contribution is 7.89. The Balaban J connectivity index is 1.54. The van der Waals surface area contributed by atoms with Gasteiger partial charge in [-0.15, -0.1) is 0 Å². The van der Waals surface area contributed by atoms with Crippen molar-refractivity contribution in [2.24, 2.45) is 5.92 Å². The lowest BCUT2D eigenvalue weighted by atomic mass is 9.98. The molecule has 2 amide bonds. The van der Waals surface area contributed by atoms with Crippen LogP contribution in [0.1, 0.15) is 43.1 Å². The molecule has 0 spiro atoms. The van der Waals surface area contributed by atoms with Gasteiger partial charge < -0.3 is 14.8 Å². The molecule has 2 unspecified atom stereocenters. The summed E-state index contributed by atoms with van der Waals surface area (Å²) in [5, 5.41) is 3.04. The fourth-order valence-corrected chi connectivity index (χ4v) is 5.06. The molecule has 0 saturated carbocycles. The van der Waals surface area contributed by atoms with E-state index in [0.717, 1.165) is 43.7 Å². The average molecular weight is 384 g/mol. The van der Waals surface area contributed by atoms with E-state index in [4.69, 9.17) is 0 Å². The van der Waals surface area contributed by atoms with Gasteiger partial charge in [0.05, 0.1) is 11.4 Å². The highest BCUT2D eigenvalue weighted by Crippen LogP contribution is 2.26. The van der Waals surface area contributed by atoms with E-state index in [1.54, 1.807) is 4.90 Å². The van der Waals surface area contributed by atoms with E-state index in [2.05, 4.69) is 25.8 Å². The minimum absolute atomic E-state index is 0.0109. The maximum Gasteiger partial charge on any atom is 0.317 e. The number of nitrogens with one attached hydrogen (secondary N) is 2. The number of piperidine rings is 1. The lowest BCUT2D eigenvalue weighted by Crippen LogP contribution is -2.48. The van der Waals surface area contributed by atoms with Crippen LogP contribution in [0.4, 0.5) is 4.79 Å². The van der Waals surface area contributed by atoms with Crippen LogP contribution in [-0.2, 0) is 16.6 Å². The zero-order chi connectivity index (χ0) is 18.7. The zero-order valence-corrected chi connectivity index (χ0v) is 16.4. The number of carbonyl (C=O) groups excluding carboxylic acids is 1. The lowest BCUT2D eigenvalue weighted by Gasteiger charge is -2.33. The SMILES string of the molecule is CNS(=O)(=O)CC1CCCN(C(=O)NCC2CCCn3cc(C)nc32)C1. The summed E-state index contributed by atoms with van der Waals surface area (Å²) in [6, 6.07) is -0.100.